The highest BCUT2D eigenvalue weighted by Crippen LogP contribution is 2.19. The molecule has 0 spiro atoms. The molecule has 17 heavy (non-hydrogen) atoms. The van der Waals surface area contributed by atoms with Crippen LogP contribution in [-0.2, 0) is 0 Å². The van der Waals surface area contributed by atoms with E-state index < -0.39 is 0 Å². The molecule has 1 aliphatic carbocycles. The largest absolute Gasteiger partial charge is 0.348 e. The molecular weight excluding hydrogens is 236 g/mol. The Hall–Kier alpha value is -1.06. The number of hydrogen-bond donors (Lipinski definition) is 2. The molecule has 0 heterocycles. The zero-order chi connectivity index (χ0) is 12.3. The van der Waals surface area contributed by atoms with Crippen LogP contribution in [0.25, 0.3) is 0 Å². The molecule has 1 saturated carbocycles. The fraction of sp³-hybridized carbons (Fsp3) is 0.462. The van der Waals surface area contributed by atoms with Crippen LogP contribution in [0.3, 0.4) is 0 Å². The number of hydrogen-bond acceptors (Lipinski definition) is 2. The molecule has 2 atom stereocenters. The molecule has 4 heteroatoms. The van der Waals surface area contributed by atoms with Crippen LogP contribution in [-0.4, -0.2) is 18.0 Å². The van der Waals surface area contributed by atoms with Gasteiger partial charge in [0, 0.05) is 12.1 Å². The Bertz CT molecular complexity index is 408. The molecule has 0 unspecified atom stereocenters. The first-order valence-electron chi connectivity index (χ1n) is 5.99. The average molecular weight is 253 g/mol. The quantitative estimate of drug-likeness (QED) is 0.849. The lowest BCUT2D eigenvalue weighted by Crippen LogP contribution is -2.49. The fourth-order valence-corrected chi connectivity index (χ4v) is 2.45. The lowest BCUT2D eigenvalue weighted by atomic mass is 9.91. The van der Waals surface area contributed by atoms with Crippen LogP contribution in [0.15, 0.2) is 24.3 Å². The molecule has 0 aromatic heterocycles. The Morgan fingerprint density at radius 1 is 1.29 bits per heavy atom. The van der Waals surface area contributed by atoms with Gasteiger partial charge < -0.3 is 11.1 Å². The first-order valence-corrected chi connectivity index (χ1v) is 6.37. The van der Waals surface area contributed by atoms with Gasteiger partial charge in [0.15, 0.2) is 0 Å². The summed E-state index contributed by atoms with van der Waals surface area (Å²) in [6, 6.07) is 7.21. The van der Waals surface area contributed by atoms with Gasteiger partial charge in [0.2, 0.25) is 0 Å². The Labute approximate surface area is 106 Å². The molecule has 0 saturated heterocycles. The fourth-order valence-electron chi connectivity index (χ4n) is 2.23. The molecule has 1 aliphatic rings. The van der Waals surface area contributed by atoms with Crippen molar-refractivity contribution in [3.8, 4) is 0 Å². The molecule has 3 N–H and O–H groups in total. The molecule has 1 fully saturated rings. The lowest BCUT2D eigenvalue weighted by Gasteiger charge is -2.29. The number of nitrogens with two attached hydrogens (primary N) is 1. The van der Waals surface area contributed by atoms with Crippen molar-refractivity contribution in [2.24, 2.45) is 5.73 Å². The Morgan fingerprint density at radius 3 is 2.71 bits per heavy atom. The van der Waals surface area contributed by atoms with Gasteiger partial charge in [-0.3, -0.25) is 4.79 Å². The predicted octanol–water partition coefficient (Wildman–Crippen LogP) is 2.34. The van der Waals surface area contributed by atoms with Crippen molar-refractivity contribution in [3.63, 3.8) is 0 Å². The molecule has 1 aromatic rings. The van der Waals surface area contributed by atoms with E-state index in [0.29, 0.717) is 10.6 Å². The molecule has 1 aromatic carbocycles. The van der Waals surface area contributed by atoms with E-state index in [-0.39, 0.29) is 18.0 Å². The van der Waals surface area contributed by atoms with E-state index >= 15 is 0 Å². The summed E-state index contributed by atoms with van der Waals surface area (Å²) < 4.78 is 0. The van der Waals surface area contributed by atoms with Crippen LogP contribution >= 0.6 is 11.6 Å². The van der Waals surface area contributed by atoms with Crippen LogP contribution in [0, 0.1) is 0 Å². The van der Waals surface area contributed by atoms with Crippen molar-refractivity contribution in [2.45, 2.75) is 37.8 Å². The standard InChI is InChI=1S/C13H17ClN2O/c14-10-6-2-1-5-9(10)13(17)16-12-8-4-3-7-11(12)15/h1-2,5-6,11-12H,3-4,7-8,15H2,(H,16,17)/t11-,12-/m1/s1. The number of rotatable bonds is 2. The summed E-state index contributed by atoms with van der Waals surface area (Å²) in [4.78, 5) is 12.0. The van der Waals surface area contributed by atoms with Gasteiger partial charge in [-0.15, -0.1) is 0 Å². The van der Waals surface area contributed by atoms with Gasteiger partial charge >= 0.3 is 0 Å². The number of carbonyl (C=O) groups is 1. The van der Waals surface area contributed by atoms with E-state index in [2.05, 4.69) is 5.32 Å². The summed E-state index contributed by atoms with van der Waals surface area (Å²) in [7, 11) is 0. The summed E-state index contributed by atoms with van der Waals surface area (Å²) in [6.07, 6.45) is 4.21. The minimum Gasteiger partial charge on any atom is -0.348 e. The van der Waals surface area contributed by atoms with E-state index in [9.17, 15) is 4.79 Å². The number of halogens is 1. The third kappa shape index (κ3) is 2.99. The van der Waals surface area contributed by atoms with Crippen molar-refractivity contribution in [2.75, 3.05) is 0 Å². The Balaban J connectivity index is 2.04. The van der Waals surface area contributed by atoms with Gasteiger partial charge in [-0.25, -0.2) is 0 Å². The number of nitrogens with one attached hydrogen (secondary N) is 1. The van der Waals surface area contributed by atoms with Crippen LogP contribution in [0.4, 0.5) is 0 Å². The SMILES string of the molecule is N[C@@H]1CCCC[C@H]1NC(=O)c1ccccc1Cl. The number of amides is 1. The normalized spacial score (nSPS) is 24.4. The van der Waals surface area contributed by atoms with Gasteiger partial charge in [-0.2, -0.15) is 0 Å². The predicted molar refractivity (Wildman–Crippen MR) is 69.1 cm³/mol. The van der Waals surface area contributed by atoms with Crippen molar-refractivity contribution < 1.29 is 4.79 Å². The van der Waals surface area contributed by atoms with Gasteiger partial charge in [0.05, 0.1) is 10.6 Å². The van der Waals surface area contributed by atoms with E-state index in [1.807, 2.05) is 12.1 Å². The summed E-state index contributed by atoms with van der Waals surface area (Å²) in [5, 5.41) is 3.46. The maximum absolute atomic E-state index is 12.0. The zero-order valence-electron chi connectivity index (χ0n) is 9.66. The van der Waals surface area contributed by atoms with Crippen LogP contribution in [0.1, 0.15) is 36.0 Å². The smallest absolute Gasteiger partial charge is 0.253 e. The molecule has 1 amide bonds. The van der Waals surface area contributed by atoms with E-state index in [4.69, 9.17) is 17.3 Å². The number of benzene rings is 1. The molecule has 0 aliphatic heterocycles. The van der Waals surface area contributed by atoms with E-state index in [1.165, 1.54) is 0 Å². The third-order valence-electron chi connectivity index (χ3n) is 3.25. The summed E-state index contributed by atoms with van der Waals surface area (Å²) in [5.74, 6) is -0.127. The van der Waals surface area contributed by atoms with Crippen molar-refractivity contribution in [1.82, 2.24) is 5.32 Å². The van der Waals surface area contributed by atoms with Gasteiger partial charge in [0.1, 0.15) is 0 Å². The maximum atomic E-state index is 12.0. The third-order valence-corrected chi connectivity index (χ3v) is 3.58. The zero-order valence-corrected chi connectivity index (χ0v) is 10.4. The van der Waals surface area contributed by atoms with Crippen LogP contribution in [0.5, 0.6) is 0 Å². The highest BCUT2D eigenvalue weighted by Gasteiger charge is 2.24. The Morgan fingerprint density at radius 2 is 2.00 bits per heavy atom. The maximum Gasteiger partial charge on any atom is 0.253 e. The Kier molecular flexibility index (Phi) is 4.02. The van der Waals surface area contributed by atoms with E-state index in [0.717, 1.165) is 25.7 Å². The highest BCUT2D eigenvalue weighted by molar-refractivity contribution is 6.33. The summed E-state index contributed by atoms with van der Waals surface area (Å²) in [6.45, 7) is 0. The average Bonchev–Trinajstić information content (AvgIpc) is 2.32. The number of carbonyl (C=O) groups excluding carboxylic acids is 1. The second-order valence-corrected chi connectivity index (χ2v) is 4.92. The lowest BCUT2D eigenvalue weighted by molar-refractivity contribution is 0.0921. The first-order chi connectivity index (χ1) is 8.18. The first kappa shape index (κ1) is 12.4. The highest BCUT2D eigenvalue weighted by atomic mass is 35.5. The molecule has 92 valence electrons. The monoisotopic (exact) mass is 252 g/mol. The van der Waals surface area contributed by atoms with Crippen molar-refractivity contribution in [3.05, 3.63) is 34.9 Å². The van der Waals surface area contributed by atoms with Gasteiger partial charge in [0.25, 0.3) is 5.91 Å². The second-order valence-electron chi connectivity index (χ2n) is 4.51. The van der Waals surface area contributed by atoms with Crippen LogP contribution < -0.4 is 11.1 Å². The minimum absolute atomic E-state index is 0.0650. The van der Waals surface area contributed by atoms with Gasteiger partial charge in [-0.05, 0) is 25.0 Å². The minimum atomic E-state index is -0.127. The molecule has 0 bridgehead atoms. The van der Waals surface area contributed by atoms with Crippen LogP contribution in [0.2, 0.25) is 5.02 Å². The van der Waals surface area contributed by atoms with Crippen molar-refractivity contribution in [1.29, 1.82) is 0 Å². The molecule has 2 rings (SSSR count). The van der Waals surface area contributed by atoms with E-state index in [1.54, 1.807) is 12.1 Å². The molecule has 3 nitrogen and oxygen atoms in total. The summed E-state index contributed by atoms with van der Waals surface area (Å²) in [5.41, 5.74) is 6.52. The van der Waals surface area contributed by atoms with Crippen molar-refractivity contribution >= 4 is 17.5 Å². The molecular formula is C13H17ClN2O. The van der Waals surface area contributed by atoms with Gasteiger partial charge in [-0.1, -0.05) is 36.6 Å². The second kappa shape index (κ2) is 5.52. The molecule has 0 radical (unpaired) electrons. The summed E-state index contributed by atoms with van der Waals surface area (Å²) >= 11 is 5.98. The topological polar surface area (TPSA) is 55.1 Å².